The van der Waals surface area contributed by atoms with Crippen molar-refractivity contribution in [1.82, 2.24) is 14.2 Å². The lowest BCUT2D eigenvalue weighted by Gasteiger charge is -2.21. The van der Waals surface area contributed by atoms with E-state index in [1.54, 1.807) is 18.3 Å². The summed E-state index contributed by atoms with van der Waals surface area (Å²) in [5.41, 5.74) is 2.14. The summed E-state index contributed by atoms with van der Waals surface area (Å²) in [6.07, 6.45) is 3.62. The Hall–Kier alpha value is -1.80. The average Bonchev–Trinajstić information content (AvgIpc) is 2.76. The summed E-state index contributed by atoms with van der Waals surface area (Å²) >= 11 is 0. The Balaban J connectivity index is 1.81. The summed E-state index contributed by atoms with van der Waals surface area (Å²) in [6, 6.07) is 9.08. The molecule has 0 radical (unpaired) electrons. The molecule has 1 aromatic carbocycles. The summed E-state index contributed by atoms with van der Waals surface area (Å²) in [5.74, 6) is 0.645. The minimum atomic E-state index is -3.45. The Kier molecular flexibility index (Phi) is 4.96. The second-order valence-corrected chi connectivity index (χ2v) is 8.13. The highest BCUT2D eigenvalue weighted by molar-refractivity contribution is 7.95. The van der Waals surface area contributed by atoms with E-state index in [4.69, 9.17) is 4.74 Å². The van der Waals surface area contributed by atoms with Crippen molar-refractivity contribution < 1.29 is 13.5 Å². The summed E-state index contributed by atoms with van der Waals surface area (Å²) in [7, 11) is -0.402. The zero-order valence-corrected chi connectivity index (χ0v) is 14.7. The van der Waals surface area contributed by atoms with Crippen molar-refractivity contribution in [2.45, 2.75) is 18.0 Å². The molecule has 0 N–H and O–H groups in total. The lowest BCUT2D eigenvalue weighted by atomic mass is 10.2. The lowest BCUT2D eigenvalue weighted by molar-refractivity contribution is 0.219. The Morgan fingerprint density at radius 3 is 2.92 bits per heavy atom. The molecule has 1 aromatic heterocycles. The molecule has 0 spiro atoms. The van der Waals surface area contributed by atoms with Crippen molar-refractivity contribution in [2.24, 2.45) is 0 Å². The number of benzene rings is 1. The summed E-state index contributed by atoms with van der Waals surface area (Å²) in [5, 5.41) is 0. The van der Waals surface area contributed by atoms with E-state index in [-0.39, 0.29) is 4.90 Å². The molecule has 128 valence electrons. The zero-order valence-electron chi connectivity index (χ0n) is 13.8. The number of ether oxygens (including phenoxy) is 1. The van der Waals surface area contributed by atoms with Crippen molar-refractivity contribution >= 4 is 10.4 Å². The smallest absolute Gasteiger partial charge is 0.179 e. The molecule has 1 unspecified atom stereocenters. The molecule has 1 aliphatic heterocycles. The van der Waals surface area contributed by atoms with Crippen molar-refractivity contribution in [2.75, 3.05) is 27.2 Å². The van der Waals surface area contributed by atoms with E-state index in [1.807, 2.05) is 24.4 Å². The van der Waals surface area contributed by atoms with E-state index in [1.165, 1.54) is 18.4 Å². The molecule has 3 rings (SSSR count). The minimum absolute atomic E-state index is 0.256. The first-order chi connectivity index (χ1) is 11.5. The topological polar surface area (TPSA) is 68.7 Å². The van der Waals surface area contributed by atoms with Gasteiger partial charge in [-0.15, -0.1) is 4.31 Å². The Morgan fingerprint density at radius 2 is 2.21 bits per heavy atom. The maximum Gasteiger partial charge on any atom is 0.179 e. The van der Waals surface area contributed by atoms with E-state index in [2.05, 4.69) is 9.88 Å². The quantitative estimate of drug-likeness (QED) is 0.791. The number of fused-ring (bicyclic) bond motifs is 1. The van der Waals surface area contributed by atoms with Crippen LogP contribution in [0.15, 0.2) is 47.6 Å². The molecule has 0 fully saturated rings. The third-order valence-electron chi connectivity index (χ3n) is 4.01. The maximum absolute atomic E-state index is 12.3. The van der Waals surface area contributed by atoms with Crippen LogP contribution in [0.2, 0.25) is 0 Å². The molecular weight excluding hydrogens is 326 g/mol. The van der Waals surface area contributed by atoms with Crippen LogP contribution in [0, 0.1) is 0 Å². The van der Waals surface area contributed by atoms with Gasteiger partial charge in [0.05, 0.1) is 0 Å². The Bertz CT molecular complexity index is 752. The summed E-state index contributed by atoms with van der Waals surface area (Å²) in [6.45, 7) is 2.80. The third-order valence-corrected chi connectivity index (χ3v) is 5.82. The van der Waals surface area contributed by atoms with Crippen molar-refractivity contribution in [3.8, 4) is 5.75 Å². The van der Waals surface area contributed by atoms with E-state index >= 15 is 0 Å². The van der Waals surface area contributed by atoms with Crippen LogP contribution >= 0.6 is 0 Å². The van der Waals surface area contributed by atoms with Gasteiger partial charge >= 0.3 is 0 Å². The van der Waals surface area contributed by atoms with Crippen LogP contribution in [-0.4, -0.2) is 46.0 Å². The highest BCUT2D eigenvalue weighted by atomic mass is 32.3. The zero-order chi connectivity index (χ0) is 17.2. The SMILES string of the molecule is CN(C)[S+](=O)([O-])c1ccc2c(c1)OCCN(Cc1cccnc1)C2. The van der Waals surface area contributed by atoms with Crippen LogP contribution in [0.3, 0.4) is 0 Å². The first-order valence-corrected chi connectivity index (χ1v) is 9.20. The fraction of sp³-hybridized carbons (Fsp3) is 0.353. The van der Waals surface area contributed by atoms with E-state index in [0.29, 0.717) is 18.9 Å². The second kappa shape index (κ2) is 6.98. The number of sulfonamides is 1. The number of rotatable bonds is 4. The predicted octanol–water partition coefficient (Wildman–Crippen LogP) is 1.94. The fourth-order valence-electron chi connectivity index (χ4n) is 2.66. The lowest BCUT2D eigenvalue weighted by Crippen LogP contribution is -2.29. The first kappa shape index (κ1) is 17.0. The Labute approximate surface area is 143 Å². The van der Waals surface area contributed by atoms with Gasteiger partial charge in [-0.1, -0.05) is 10.3 Å². The van der Waals surface area contributed by atoms with Gasteiger partial charge in [0, 0.05) is 57.8 Å². The van der Waals surface area contributed by atoms with Gasteiger partial charge in [0.1, 0.15) is 12.4 Å². The van der Waals surface area contributed by atoms with Gasteiger partial charge in [0.25, 0.3) is 0 Å². The molecule has 6 nitrogen and oxygen atoms in total. The largest absolute Gasteiger partial charge is 0.593 e. The summed E-state index contributed by atoms with van der Waals surface area (Å²) in [4.78, 5) is 6.67. The van der Waals surface area contributed by atoms with Gasteiger partial charge in [-0.3, -0.25) is 9.88 Å². The molecule has 7 heteroatoms. The molecule has 24 heavy (non-hydrogen) atoms. The van der Waals surface area contributed by atoms with Gasteiger partial charge in [-0.25, -0.2) is 0 Å². The van der Waals surface area contributed by atoms with Crippen LogP contribution in [0.4, 0.5) is 0 Å². The molecular formula is C17H21N3O3S. The highest BCUT2D eigenvalue weighted by Crippen LogP contribution is 2.29. The standard InChI is InChI=1S/C17H21N3O3S/c1-19(2)24(21,22)16-6-5-15-13-20(8-9-23-17(15)10-16)12-14-4-3-7-18-11-14/h3-7,10-11H,8-9,12-13H2,1-2H3. The molecule has 1 aliphatic rings. The summed E-state index contributed by atoms with van der Waals surface area (Å²) < 4.78 is 31.5. The number of pyridine rings is 1. The first-order valence-electron chi connectivity index (χ1n) is 7.76. The van der Waals surface area contributed by atoms with E-state index < -0.39 is 10.4 Å². The van der Waals surface area contributed by atoms with Crippen LogP contribution in [0.5, 0.6) is 5.75 Å². The highest BCUT2D eigenvalue weighted by Gasteiger charge is 2.26. The van der Waals surface area contributed by atoms with Crippen molar-refractivity contribution in [3.05, 3.63) is 53.9 Å². The average molecular weight is 347 g/mol. The fourth-order valence-corrected chi connectivity index (χ4v) is 3.58. The van der Waals surface area contributed by atoms with Gasteiger partial charge in [-0.05, 0) is 23.8 Å². The molecule has 0 amide bonds. The van der Waals surface area contributed by atoms with Crippen LogP contribution in [0.1, 0.15) is 11.1 Å². The minimum Gasteiger partial charge on any atom is -0.593 e. The molecule has 2 heterocycles. The van der Waals surface area contributed by atoms with Gasteiger partial charge in [-0.2, -0.15) is 0 Å². The van der Waals surface area contributed by atoms with Gasteiger partial charge < -0.3 is 9.29 Å². The van der Waals surface area contributed by atoms with Crippen LogP contribution in [0.25, 0.3) is 0 Å². The normalized spacial score (nSPS) is 17.7. The van der Waals surface area contributed by atoms with Gasteiger partial charge in [0.15, 0.2) is 15.3 Å². The van der Waals surface area contributed by atoms with Crippen LogP contribution in [-0.2, 0) is 27.7 Å². The number of hydrogen-bond donors (Lipinski definition) is 0. The number of nitrogens with zero attached hydrogens (tertiary/aromatic N) is 3. The van der Waals surface area contributed by atoms with E-state index in [9.17, 15) is 8.76 Å². The molecule has 2 aromatic rings. The predicted molar refractivity (Wildman–Crippen MR) is 91.1 cm³/mol. The van der Waals surface area contributed by atoms with Gasteiger partial charge in [0.2, 0.25) is 0 Å². The Morgan fingerprint density at radius 1 is 1.38 bits per heavy atom. The maximum atomic E-state index is 12.3. The monoisotopic (exact) mass is 347 g/mol. The second-order valence-electron chi connectivity index (χ2n) is 5.98. The van der Waals surface area contributed by atoms with Crippen molar-refractivity contribution in [3.63, 3.8) is 0 Å². The molecule has 1 atom stereocenters. The third kappa shape index (κ3) is 3.64. The van der Waals surface area contributed by atoms with E-state index in [0.717, 1.165) is 24.2 Å². The van der Waals surface area contributed by atoms with Crippen molar-refractivity contribution in [1.29, 1.82) is 0 Å². The number of hydrogen-bond acceptors (Lipinski definition) is 5. The molecule has 0 bridgehead atoms. The van der Waals surface area contributed by atoms with Crippen LogP contribution < -0.4 is 4.74 Å². The number of aromatic nitrogens is 1. The molecule has 0 aliphatic carbocycles. The molecule has 0 saturated carbocycles. The molecule has 0 saturated heterocycles.